The van der Waals surface area contributed by atoms with Gasteiger partial charge in [-0.05, 0) is 41.8 Å². The summed E-state index contributed by atoms with van der Waals surface area (Å²) in [5.74, 6) is 0.715. The number of carbonyl (C=O) groups excluding carboxylic acids is 1. The molecule has 25 heavy (non-hydrogen) atoms. The van der Waals surface area contributed by atoms with Crippen LogP contribution in [0.1, 0.15) is 32.3 Å². The molecular weight excluding hydrogens is 381 g/mol. The zero-order chi connectivity index (χ0) is 18.7. The molecule has 1 atom stereocenters. The number of methoxy groups -OCH3 is 1. The average molecular weight is 400 g/mol. The number of ether oxygens (including phenoxy) is 1. The van der Waals surface area contributed by atoms with Crippen LogP contribution in [0.3, 0.4) is 0 Å². The third-order valence-corrected chi connectivity index (χ3v) is 5.85. The smallest absolute Gasteiger partial charge is 0.221 e. The summed E-state index contributed by atoms with van der Waals surface area (Å²) in [6.07, 6.45) is 0. The van der Waals surface area contributed by atoms with Crippen molar-refractivity contribution < 1.29 is 13.7 Å². The first-order valence-electron chi connectivity index (χ1n) is 7.61. The summed E-state index contributed by atoms with van der Waals surface area (Å²) >= 11 is 12.5. The van der Waals surface area contributed by atoms with E-state index in [0.29, 0.717) is 15.5 Å². The molecule has 0 bridgehead atoms. The first-order valence-corrected chi connectivity index (χ1v) is 9.51. The van der Waals surface area contributed by atoms with Crippen LogP contribution in [0.2, 0.25) is 10.0 Å². The molecular formula is C18H19Cl2NO3S. The molecule has 1 unspecified atom stereocenters. The van der Waals surface area contributed by atoms with Gasteiger partial charge in [0.05, 0.1) is 32.9 Å². The van der Waals surface area contributed by atoms with Crippen LogP contribution in [0.15, 0.2) is 40.1 Å². The molecule has 1 N–H and O–H groups in total. The van der Waals surface area contributed by atoms with Gasteiger partial charge in [0.25, 0.3) is 0 Å². The molecule has 0 fully saturated rings. The van der Waals surface area contributed by atoms with Gasteiger partial charge in [-0.25, -0.2) is 4.21 Å². The number of nitrogens with one attached hydrogen (secondary N) is 1. The molecule has 0 spiro atoms. The summed E-state index contributed by atoms with van der Waals surface area (Å²) in [5, 5.41) is 3.07. The van der Waals surface area contributed by atoms with Crippen molar-refractivity contribution in [3.63, 3.8) is 0 Å². The molecule has 0 aliphatic heterocycles. The highest BCUT2D eigenvalue weighted by Gasteiger charge is 2.19. The Morgan fingerprint density at radius 3 is 2.24 bits per heavy atom. The average Bonchev–Trinajstić information content (AvgIpc) is 2.52. The van der Waals surface area contributed by atoms with E-state index in [-0.39, 0.29) is 21.9 Å². The molecule has 7 heteroatoms. The lowest BCUT2D eigenvalue weighted by atomic mass is 10.0. The van der Waals surface area contributed by atoms with E-state index in [1.807, 2.05) is 19.9 Å². The van der Waals surface area contributed by atoms with Gasteiger partial charge in [-0.3, -0.25) is 4.79 Å². The van der Waals surface area contributed by atoms with Gasteiger partial charge >= 0.3 is 0 Å². The lowest BCUT2D eigenvalue weighted by molar-refractivity contribution is -0.114. The first-order chi connectivity index (χ1) is 11.7. The minimum absolute atomic E-state index is 0.208. The van der Waals surface area contributed by atoms with Gasteiger partial charge in [-0.1, -0.05) is 37.0 Å². The van der Waals surface area contributed by atoms with Gasteiger partial charge in [-0.2, -0.15) is 0 Å². The maximum absolute atomic E-state index is 13.0. The number of hydrogen-bond donors (Lipinski definition) is 1. The maximum atomic E-state index is 13.0. The van der Waals surface area contributed by atoms with Crippen LogP contribution in [0.25, 0.3) is 0 Å². The standard InChI is InChI=1S/C18H19Cl2NO3S/c1-10(2)14-9-13(5-6-17(14)24-4)25(23)18-15(19)7-12(8-16(18)20)21-11(3)22/h5-10H,1-4H3,(H,21,22). The number of halogens is 2. The van der Waals surface area contributed by atoms with Crippen LogP contribution in [0, 0.1) is 0 Å². The van der Waals surface area contributed by atoms with Crippen LogP contribution < -0.4 is 10.1 Å². The Bertz CT molecular complexity index is 814. The Morgan fingerprint density at radius 1 is 1.16 bits per heavy atom. The van der Waals surface area contributed by atoms with E-state index in [9.17, 15) is 9.00 Å². The lowest BCUT2D eigenvalue weighted by Crippen LogP contribution is -2.06. The summed E-state index contributed by atoms with van der Waals surface area (Å²) in [6, 6.07) is 8.43. The fraction of sp³-hybridized carbons (Fsp3) is 0.278. The van der Waals surface area contributed by atoms with Crippen molar-refractivity contribution in [3.05, 3.63) is 45.9 Å². The van der Waals surface area contributed by atoms with Crippen molar-refractivity contribution in [2.75, 3.05) is 12.4 Å². The van der Waals surface area contributed by atoms with Gasteiger partial charge in [0.1, 0.15) is 5.75 Å². The van der Waals surface area contributed by atoms with E-state index in [1.54, 1.807) is 19.2 Å². The van der Waals surface area contributed by atoms with Crippen LogP contribution in [-0.4, -0.2) is 17.2 Å². The number of carbonyl (C=O) groups is 1. The van der Waals surface area contributed by atoms with Crippen molar-refractivity contribution in [1.82, 2.24) is 0 Å². The van der Waals surface area contributed by atoms with Gasteiger partial charge in [0.15, 0.2) is 0 Å². The predicted molar refractivity (Wildman–Crippen MR) is 103 cm³/mol. The number of benzene rings is 2. The third kappa shape index (κ3) is 4.54. The molecule has 2 rings (SSSR count). The zero-order valence-electron chi connectivity index (χ0n) is 14.4. The van der Waals surface area contributed by atoms with Gasteiger partial charge in [0, 0.05) is 17.5 Å². The Hall–Kier alpha value is -1.56. The summed E-state index contributed by atoms with van der Waals surface area (Å²) in [7, 11) is 0.0434. The fourth-order valence-electron chi connectivity index (χ4n) is 2.41. The molecule has 2 aromatic carbocycles. The molecule has 0 aromatic heterocycles. The van der Waals surface area contributed by atoms with Gasteiger partial charge < -0.3 is 10.1 Å². The SMILES string of the molecule is COc1ccc(S(=O)c2c(Cl)cc(NC(C)=O)cc2Cl)cc1C(C)C. The van der Waals surface area contributed by atoms with Crippen LogP contribution in [0.5, 0.6) is 5.75 Å². The van der Waals surface area contributed by atoms with E-state index in [0.717, 1.165) is 11.3 Å². The van der Waals surface area contributed by atoms with Gasteiger partial charge in [0.2, 0.25) is 5.91 Å². The van der Waals surface area contributed by atoms with Crippen molar-refractivity contribution in [3.8, 4) is 5.75 Å². The van der Waals surface area contributed by atoms with E-state index in [4.69, 9.17) is 27.9 Å². The van der Waals surface area contributed by atoms with Gasteiger partial charge in [-0.15, -0.1) is 0 Å². The molecule has 2 aromatic rings. The number of hydrogen-bond acceptors (Lipinski definition) is 3. The van der Waals surface area contributed by atoms with Crippen LogP contribution in [-0.2, 0) is 15.6 Å². The number of anilines is 1. The second-order valence-electron chi connectivity index (χ2n) is 5.78. The molecule has 4 nitrogen and oxygen atoms in total. The Balaban J connectivity index is 2.47. The van der Waals surface area contributed by atoms with Crippen molar-refractivity contribution in [2.45, 2.75) is 36.5 Å². The van der Waals surface area contributed by atoms with Crippen molar-refractivity contribution >= 4 is 45.6 Å². The van der Waals surface area contributed by atoms with Crippen LogP contribution >= 0.6 is 23.2 Å². The predicted octanol–water partition coefficient (Wildman–Crippen LogP) is 5.25. The Labute approximate surface area is 159 Å². The second-order valence-corrected chi connectivity index (χ2v) is 8.01. The molecule has 0 saturated carbocycles. The number of amides is 1. The maximum Gasteiger partial charge on any atom is 0.221 e. The highest BCUT2D eigenvalue weighted by atomic mass is 35.5. The molecule has 1 amide bonds. The summed E-state index contributed by atoms with van der Waals surface area (Å²) in [5.41, 5.74) is 1.41. The van der Waals surface area contributed by atoms with E-state index < -0.39 is 10.8 Å². The van der Waals surface area contributed by atoms with Crippen molar-refractivity contribution in [1.29, 1.82) is 0 Å². The van der Waals surface area contributed by atoms with E-state index in [1.165, 1.54) is 19.1 Å². The number of rotatable bonds is 5. The molecule has 0 aliphatic rings. The first kappa shape index (κ1) is 19.8. The summed E-state index contributed by atoms with van der Waals surface area (Å²) in [6.45, 7) is 5.46. The molecule has 0 aliphatic carbocycles. The summed E-state index contributed by atoms with van der Waals surface area (Å²) < 4.78 is 18.4. The summed E-state index contributed by atoms with van der Waals surface area (Å²) in [4.78, 5) is 12.1. The van der Waals surface area contributed by atoms with E-state index in [2.05, 4.69) is 5.32 Å². The monoisotopic (exact) mass is 399 g/mol. The molecule has 0 heterocycles. The lowest BCUT2D eigenvalue weighted by Gasteiger charge is -2.15. The fourth-order valence-corrected chi connectivity index (χ4v) is 4.45. The van der Waals surface area contributed by atoms with Crippen molar-refractivity contribution in [2.24, 2.45) is 0 Å². The Kier molecular flexibility index (Phi) is 6.49. The molecule has 0 saturated heterocycles. The topological polar surface area (TPSA) is 55.4 Å². The highest BCUT2D eigenvalue weighted by molar-refractivity contribution is 7.85. The minimum Gasteiger partial charge on any atom is -0.496 e. The Morgan fingerprint density at radius 2 is 1.76 bits per heavy atom. The highest BCUT2D eigenvalue weighted by Crippen LogP contribution is 2.36. The zero-order valence-corrected chi connectivity index (χ0v) is 16.7. The normalized spacial score (nSPS) is 12.1. The quantitative estimate of drug-likeness (QED) is 0.746. The third-order valence-electron chi connectivity index (χ3n) is 3.54. The van der Waals surface area contributed by atoms with Crippen LogP contribution in [0.4, 0.5) is 5.69 Å². The molecule has 0 radical (unpaired) electrons. The minimum atomic E-state index is -1.56. The second kappa shape index (κ2) is 8.21. The molecule has 134 valence electrons. The largest absolute Gasteiger partial charge is 0.496 e. The van der Waals surface area contributed by atoms with E-state index >= 15 is 0 Å².